The first-order chi connectivity index (χ1) is 10.5. The predicted octanol–water partition coefficient (Wildman–Crippen LogP) is 5.06. The van der Waals surface area contributed by atoms with Crippen molar-refractivity contribution in [1.82, 2.24) is 0 Å². The van der Waals surface area contributed by atoms with Crippen LogP contribution in [0.5, 0.6) is 0 Å². The zero-order valence-electron chi connectivity index (χ0n) is 14.5. The number of aldehydes is 2. The lowest BCUT2D eigenvalue weighted by Crippen LogP contribution is -2.25. The molecule has 0 aromatic rings. The predicted molar refractivity (Wildman–Crippen MR) is 92.6 cm³/mol. The summed E-state index contributed by atoms with van der Waals surface area (Å²) in [6.07, 6.45) is 13.1. The second-order valence-electron chi connectivity index (χ2n) is 6.81. The molecule has 1 rings (SSSR count). The van der Waals surface area contributed by atoms with Crippen LogP contribution in [0.15, 0.2) is 34.9 Å². The summed E-state index contributed by atoms with van der Waals surface area (Å²) in [5, 5.41) is 0. The Morgan fingerprint density at radius 1 is 1.32 bits per heavy atom. The molecule has 3 atom stereocenters. The van der Waals surface area contributed by atoms with Gasteiger partial charge in [-0.2, -0.15) is 0 Å². The topological polar surface area (TPSA) is 34.1 Å². The summed E-state index contributed by atoms with van der Waals surface area (Å²) in [4.78, 5) is 23.1. The van der Waals surface area contributed by atoms with Crippen LogP contribution in [-0.4, -0.2) is 12.6 Å². The van der Waals surface area contributed by atoms with Crippen molar-refractivity contribution >= 4 is 12.6 Å². The van der Waals surface area contributed by atoms with Crippen LogP contribution >= 0.6 is 0 Å². The van der Waals surface area contributed by atoms with Crippen LogP contribution in [0, 0.1) is 17.8 Å². The standard InChI is InChI=1S/C20H30O2/c1-15(2)7-5-9-17(4)19-12-11-16(3)8-6-10-18(13-21)20(19)14-22/h7-8,10,13-14,17,19-20H,5-6,9,11-12H2,1-4H3/t17-,19+,20-/m1/s1. The van der Waals surface area contributed by atoms with E-state index in [0.29, 0.717) is 11.5 Å². The van der Waals surface area contributed by atoms with Crippen molar-refractivity contribution in [2.24, 2.45) is 17.8 Å². The van der Waals surface area contributed by atoms with Crippen LogP contribution in [-0.2, 0) is 9.59 Å². The first-order valence-electron chi connectivity index (χ1n) is 8.39. The Morgan fingerprint density at radius 3 is 2.64 bits per heavy atom. The van der Waals surface area contributed by atoms with Crippen molar-refractivity contribution in [1.29, 1.82) is 0 Å². The number of rotatable bonds is 6. The van der Waals surface area contributed by atoms with E-state index in [1.165, 1.54) is 11.1 Å². The lowest BCUT2D eigenvalue weighted by molar-refractivity contribution is -0.114. The third-order valence-corrected chi connectivity index (χ3v) is 4.73. The average Bonchev–Trinajstić information content (AvgIpc) is 2.55. The molecular weight excluding hydrogens is 272 g/mol. The second-order valence-corrected chi connectivity index (χ2v) is 6.81. The van der Waals surface area contributed by atoms with Crippen molar-refractivity contribution in [3.05, 3.63) is 34.9 Å². The Morgan fingerprint density at radius 2 is 2.05 bits per heavy atom. The van der Waals surface area contributed by atoms with E-state index >= 15 is 0 Å². The van der Waals surface area contributed by atoms with Crippen LogP contribution in [0.4, 0.5) is 0 Å². The van der Waals surface area contributed by atoms with E-state index in [-0.39, 0.29) is 11.8 Å². The van der Waals surface area contributed by atoms with Gasteiger partial charge in [-0.1, -0.05) is 36.3 Å². The summed E-state index contributed by atoms with van der Waals surface area (Å²) in [7, 11) is 0. The fraction of sp³-hybridized carbons (Fsp3) is 0.600. The first kappa shape index (κ1) is 18.6. The molecule has 1 aliphatic carbocycles. The van der Waals surface area contributed by atoms with Crippen molar-refractivity contribution in [3.63, 3.8) is 0 Å². The van der Waals surface area contributed by atoms with E-state index in [2.05, 4.69) is 39.8 Å². The molecule has 2 nitrogen and oxygen atoms in total. The normalized spacial score (nSPS) is 24.0. The molecule has 0 radical (unpaired) electrons. The zero-order chi connectivity index (χ0) is 16.5. The highest BCUT2D eigenvalue weighted by Gasteiger charge is 2.29. The molecule has 0 aliphatic heterocycles. The van der Waals surface area contributed by atoms with Gasteiger partial charge in [-0.05, 0) is 70.3 Å². The van der Waals surface area contributed by atoms with Crippen molar-refractivity contribution in [2.75, 3.05) is 0 Å². The smallest absolute Gasteiger partial charge is 0.146 e. The molecule has 1 aliphatic rings. The van der Waals surface area contributed by atoms with Gasteiger partial charge in [0.2, 0.25) is 0 Å². The highest BCUT2D eigenvalue weighted by Crippen LogP contribution is 2.34. The number of carbonyl (C=O) groups is 2. The Hall–Kier alpha value is -1.44. The molecular formula is C20H30O2. The lowest BCUT2D eigenvalue weighted by Gasteiger charge is -2.29. The number of carbonyl (C=O) groups excluding carboxylic acids is 2. The molecule has 22 heavy (non-hydrogen) atoms. The van der Waals surface area contributed by atoms with Crippen LogP contribution in [0.25, 0.3) is 0 Å². The van der Waals surface area contributed by atoms with Gasteiger partial charge < -0.3 is 4.79 Å². The molecule has 0 spiro atoms. The molecule has 0 heterocycles. The van der Waals surface area contributed by atoms with Gasteiger partial charge in [0.05, 0.1) is 0 Å². The van der Waals surface area contributed by atoms with E-state index < -0.39 is 0 Å². The molecule has 0 bridgehead atoms. The summed E-state index contributed by atoms with van der Waals surface area (Å²) < 4.78 is 0. The van der Waals surface area contributed by atoms with Gasteiger partial charge >= 0.3 is 0 Å². The van der Waals surface area contributed by atoms with Crippen molar-refractivity contribution in [3.8, 4) is 0 Å². The summed E-state index contributed by atoms with van der Waals surface area (Å²) in [5.41, 5.74) is 3.36. The summed E-state index contributed by atoms with van der Waals surface area (Å²) in [6.45, 7) is 8.58. The minimum absolute atomic E-state index is 0.251. The molecule has 0 saturated heterocycles. The van der Waals surface area contributed by atoms with Gasteiger partial charge in [-0.3, -0.25) is 4.79 Å². The molecule has 2 heteroatoms. The quantitative estimate of drug-likeness (QED) is 0.508. The van der Waals surface area contributed by atoms with Gasteiger partial charge in [0.15, 0.2) is 0 Å². The van der Waals surface area contributed by atoms with Crippen LogP contribution in [0.2, 0.25) is 0 Å². The molecule has 0 unspecified atom stereocenters. The molecule has 0 N–H and O–H groups in total. The molecule has 0 fully saturated rings. The fourth-order valence-corrected chi connectivity index (χ4v) is 3.25. The third kappa shape index (κ3) is 5.75. The van der Waals surface area contributed by atoms with Crippen LogP contribution < -0.4 is 0 Å². The van der Waals surface area contributed by atoms with Gasteiger partial charge in [0, 0.05) is 5.92 Å². The van der Waals surface area contributed by atoms with Crippen LogP contribution in [0.1, 0.15) is 59.8 Å². The van der Waals surface area contributed by atoms with Gasteiger partial charge in [-0.25, -0.2) is 0 Å². The van der Waals surface area contributed by atoms with Crippen LogP contribution in [0.3, 0.4) is 0 Å². The van der Waals surface area contributed by atoms with E-state index in [4.69, 9.17) is 0 Å². The van der Waals surface area contributed by atoms with Gasteiger partial charge in [-0.15, -0.1) is 0 Å². The number of hydrogen-bond acceptors (Lipinski definition) is 2. The first-order valence-corrected chi connectivity index (χ1v) is 8.39. The maximum Gasteiger partial charge on any atom is 0.146 e. The van der Waals surface area contributed by atoms with Gasteiger partial charge in [0.1, 0.15) is 12.6 Å². The Balaban J connectivity index is 2.93. The van der Waals surface area contributed by atoms with E-state index in [0.717, 1.165) is 44.7 Å². The van der Waals surface area contributed by atoms with Gasteiger partial charge in [0.25, 0.3) is 0 Å². The van der Waals surface area contributed by atoms with E-state index in [1.807, 2.05) is 6.08 Å². The highest BCUT2D eigenvalue weighted by molar-refractivity contribution is 5.81. The monoisotopic (exact) mass is 302 g/mol. The molecule has 0 aromatic heterocycles. The Bertz CT molecular complexity index is 464. The van der Waals surface area contributed by atoms with Crippen molar-refractivity contribution in [2.45, 2.75) is 59.8 Å². The average molecular weight is 302 g/mol. The fourth-order valence-electron chi connectivity index (χ4n) is 3.25. The molecule has 122 valence electrons. The minimum Gasteiger partial charge on any atom is -0.303 e. The van der Waals surface area contributed by atoms with E-state index in [9.17, 15) is 9.59 Å². The number of hydrogen-bond donors (Lipinski definition) is 0. The minimum atomic E-state index is -0.251. The Kier molecular flexibility index (Phi) is 8.08. The third-order valence-electron chi connectivity index (χ3n) is 4.73. The Labute approximate surface area is 135 Å². The summed E-state index contributed by atoms with van der Waals surface area (Å²) >= 11 is 0. The van der Waals surface area contributed by atoms with Crippen molar-refractivity contribution < 1.29 is 9.59 Å². The second kappa shape index (κ2) is 9.55. The number of allylic oxidation sites excluding steroid dienone is 6. The summed E-state index contributed by atoms with van der Waals surface area (Å²) in [5.74, 6) is 0.430. The maximum absolute atomic E-state index is 11.7. The molecule has 0 amide bonds. The zero-order valence-corrected chi connectivity index (χ0v) is 14.5. The molecule has 0 aromatic carbocycles. The SMILES string of the molecule is CC(C)=CCC[C@@H](C)[C@@H]1CCC(C)=CCC=C(C=O)[C@H]1C=O. The molecule has 0 saturated carbocycles. The largest absolute Gasteiger partial charge is 0.303 e. The van der Waals surface area contributed by atoms with E-state index in [1.54, 1.807) is 0 Å². The highest BCUT2D eigenvalue weighted by atomic mass is 16.1. The maximum atomic E-state index is 11.7. The summed E-state index contributed by atoms with van der Waals surface area (Å²) in [6, 6.07) is 0. The lowest BCUT2D eigenvalue weighted by atomic mass is 9.75.